The molecule has 0 saturated heterocycles. The average molecular weight is 226 g/mol. The van der Waals surface area contributed by atoms with Gasteiger partial charge in [-0.15, -0.1) is 0 Å². The fourth-order valence-electron chi connectivity index (χ4n) is 2.33. The summed E-state index contributed by atoms with van der Waals surface area (Å²) in [6.45, 7) is 6.73. The first-order valence-electron chi connectivity index (χ1n) is 5.61. The summed E-state index contributed by atoms with van der Waals surface area (Å²) in [5, 5.41) is 0. The van der Waals surface area contributed by atoms with Crippen LogP contribution < -0.4 is 0 Å². The van der Waals surface area contributed by atoms with E-state index < -0.39 is 11.4 Å². The van der Waals surface area contributed by atoms with Crippen molar-refractivity contribution >= 4 is 17.5 Å². The maximum Gasteiger partial charge on any atom is 0.327 e. The lowest BCUT2D eigenvalue weighted by atomic mass is 9.65. The van der Waals surface area contributed by atoms with Gasteiger partial charge in [0.1, 0.15) is 0 Å². The number of ketones is 2. The van der Waals surface area contributed by atoms with Crippen LogP contribution in [0.25, 0.3) is 0 Å². The molecule has 0 N–H and O–H groups in total. The van der Waals surface area contributed by atoms with Crippen LogP contribution in [0.5, 0.6) is 0 Å². The van der Waals surface area contributed by atoms with Gasteiger partial charge in [0.15, 0.2) is 17.0 Å². The molecule has 4 nitrogen and oxygen atoms in total. The lowest BCUT2D eigenvalue weighted by molar-refractivity contribution is -0.168. The van der Waals surface area contributed by atoms with Crippen LogP contribution in [0, 0.1) is 17.3 Å². The van der Waals surface area contributed by atoms with Gasteiger partial charge in [0, 0.05) is 11.8 Å². The lowest BCUT2D eigenvalue weighted by Gasteiger charge is -2.35. The molecule has 1 aliphatic carbocycles. The molecule has 0 spiro atoms. The average Bonchev–Trinajstić information content (AvgIpc) is 2.24. The zero-order chi connectivity index (χ0) is 12.5. The van der Waals surface area contributed by atoms with Crippen molar-refractivity contribution in [2.24, 2.45) is 17.3 Å². The Kier molecular flexibility index (Phi) is 3.51. The van der Waals surface area contributed by atoms with Crippen LogP contribution in [-0.2, 0) is 19.1 Å². The Morgan fingerprint density at radius 1 is 1.31 bits per heavy atom. The molecule has 0 radical (unpaired) electrons. The van der Waals surface area contributed by atoms with E-state index in [1.54, 1.807) is 20.8 Å². The maximum absolute atomic E-state index is 12.0. The molecule has 0 aromatic carbocycles. The van der Waals surface area contributed by atoms with Gasteiger partial charge >= 0.3 is 5.97 Å². The third kappa shape index (κ3) is 1.77. The van der Waals surface area contributed by atoms with Crippen molar-refractivity contribution in [2.75, 3.05) is 6.61 Å². The fourth-order valence-corrected chi connectivity index (χ4v) is 2.33. The number of Topliss-reactive ketones (excluding diaryl/α,β-unsaturated/α-hetero) is 2. The fraction of sp³-hybridized carbons (Fsp3) is 0.750. The van der Waals surface area contributed by atoms with E-state index in [4.69, 9.17) is 4.74 Å². The summed E-state index contributed by atoms with van der Waals surface area (Å²) in [6.07, 6.45) is 0.520. The van der Waals surface area contributed by atoms with E-state index in [2.05, 4.69) is 0 Å². The van der Waals surface area contributed by atoms with Crippen LogP contribution in [0.2, 0.25) is 0 Å². The van der Waals surface area contributed by atoms with Gasteiger partial charge in [-0.3, -0.25) is 14.4 Å². The normalized spacial score (nSPS) is 35.0. The molecule has 2 unspecified atom stereocenters. The van der Waals surface area contributed by atoms with E-state index in [-0.39, 0.29) is 30.0 Å². The minimum atomic E-state index is -1.59. The van der Waals surface area contributed by atoms with Gasteiger partial charge in [0.25, 0.3) is 0 Å². The van der Waals surface area contributed by atoms with E-state index >= 15 is 0 Å². The zero-order valence-electron chi connectivity index (χ0n) is 10.2. The Hall–Kier alpha value is -1.19. The molecular weight excluding hydrogens is 208 g/mol. The molecule has 16 heavy (non-hydrogen) atoms. The highest BCUT2D eigenvalue weighted by molar-refractivity contribution is 6.24. The van der Waals surface area contributed by atoms with E-state index in [9.17, 15) is 14.4 Å². The third-order valence-corrected chi connectivity index (χ3v) is 3.27. The van der Waals surface area contributed by atoms with Crippen molar-refractivity contribution < 1.29 is 19.1 Å². The molecule has 0 bridgehead atoms. The predicted octanol–water partition coefficient (Wildman–Crippen LogP) is 1.37. The Bertz CT molecular complexity index is 312. The monoisotopic (exact) mass is 226 g/mol. The Balaban J connectivity index is 3.09. The van der Waals surface area contributed by atoms with Crippen molar-refractivity contribution in [3.63, 3.8) is 0 Å². The smallest absolute Gasteiger partial charge is 0.327 e. The molecule has 4 heteroatoms. The number of esters is 1. The van der Waals surface area contributed by atoms with Gasteiger partial charge < -0.3 is 4.74 Å². The molecule has 0 aromatic heterocycles. The molecular formula is C12H18O4. The highest BCUT2D eigenvalue weighted by atomic mass is 16.5. The number of carbonyl (C=O) groups excluding carboxylic acids is 3. The quantitative estimate of drug-likeness (QED) is 0.527. The summed E-state index contributed by atoms with van der Waals surface area (Å²) in [7, 11) is 0. The maximum atomic E-state index is 12.0. The number of carbonyl (C=O) groups is 3. The SMILES string of the molecule is CCOC(=O)C1(C)C(=O)C(C)CC(C)C1=O. The second kappa shape index (κ2) is 4.36. The highest BCUT2D eigenvalue weighted by Gasteiger charge is 2.55. The molecule has 0 amide bonds. The first-order valence-corrected chi connectivity index (χ1v) is 5.61. The highest BCUT2D eigenvalue weighted by Crippen LogP contribution is 2.37. The lowest BCUT2D eigenvalue weighted by Crippen LogP contribution is -2.53. The van der Waals surface area contributed by atoms with Crippen LogP contribution in [0.4, 0.5) is 0 Å². The first-order chi connectivity index (χ1) is 7.35. The second-order valence-corrected chi connectivity index (χ2v) is 4.61. The standard InChI is InChI=1S/C12H18O4/c1-5-16-11(15)12(4)9(13)7(2)6-8(3)10(12)14/h7-8H,5-6H2,1-4H3. The number of ether oxygens (including phenoxy) is 1. The zero-order valence-corrected chi connectivity index (χ0v) is 10.2. The van der Waals surface area contributed by atoms with Crippen LogP contribution in [0.1, 0.15) is 34.1 Å². The predicted molar refractivity (Wildman–Crippen MR) is 57.7 cm³/mol. The minimum absolute atomic E-state index is 0.178. The number of hydrogen-bond acceptors (Lipinski definition) is 4. The second-order valence-electron chi connectivity index (χ2n) is 4.61. The van der Waals surface area contributed by atoms with Crippen LogP contribution in [0.3, 0.4) is 0 Å². The van der Waals surface area contributed by atoms with Crippen molar-refractivity contribution in [1.82, 2.24) is 0 Å². The van der Waals surface area contributed by atoms with Gasteiger partial charge in [-0.2, -0.15) is 0 Å². The number of hydrogen-bond donors (Lipinski definition) is 0. The van der Waals surface area contributed by atoms with E-state index in [0.29, 0.717) is 6.42 Å². The van der Waals surface area contributed by atoms with Gasteiger partial charge in [-0.05, 0) is 20.3 Å². The minimum Gasteiger partial charge on any atom is -0.465 e. The summed E-state index contributed by atoms with van der Waals surface area (Å²) in [5.74, 6) is -1.85. The van der Waals surface area contributed by atoms with Crippen LogP contribution in [0.15, 0.2) is 0 Å². The summed E-state index contributed by atoms with van der Waals surface area (Å²) < 4.78 is 4.84. The number of rotatable bonds is 2. The molecule has 2 atom stereocenters. The van der Waals surface area contributed by atoms with Gasteiger partial charge in [-0.25, -0.2) is 0 Å². The first kappa shape index (κ1) is 12.9. The Labute approximate surface area is 95.3 Å². The van der Waals surface area contributed by atoms with E-state index in [1.807, 2.05) is 0 Å². The molecule has 90 valence electrons. The largest absolute Gasteiger partial charge is 0.465 e. The third-order valence-electron chi connectivity index (χ3n) is 3.27. The van der Waals surface area contributed by atoms with Crippen LogP contribution in [-0.4, -0.2) is 24.1 Å². The molecule has 0 heterocycles. The molecule has 1 saturated carbocycles. The molecule has 0 aliphatic heterocycles. The van der Waals surface area contributed by atoms with Gasteiger partial charge in [0.05, 0.1) is 6.61 Å². The van der Waals surface area contributed by atoms with Gasteiger partial charge in [-0.1, -0.05) is 13.8 Å². The Morgan fingerprint density at radius 2 is 1.75 bits per heavy atom. The van der Waals surface area contributed by atoms with Crippen molar-refractivity contribution in [3.05, 3.63) is 0 Å². The summed E-state index contributed by atoms with van der Waals surface area (Å²) in [6, 6.07) is 0. The molecule has 1 fully saturated rings. The van der Waals surface area contributed by atoms with Crippen molar-refractivity contribution in [2.45, 2.75) is 34.1 Å². The summed E-state index contributed by atoms with van der Waals surface area (Å²) in [4.78, 5) is 35.8. The summed E-state index contributed by atoms with van der Waals surface area (Å²) >= 11 is 0. The van der Waals surface area contributed by atoms with Gasteiger partial charge in [0.2, 0.25) is 0 Å². The molecule has 0 aromatic rings. The van der Waals surface area contributed by atoms with Crippen molar-refractivity contribution in [3.8, 4) is 0 Å². The van der Waals surface area contributed by atoms with Crippen LogP contribution >= 0.6 is 0 Å². The van der Waals surface area contributed by atoms with Crippen molar-refractivity contribution in [1.29, 1.82) is 0 Å². The van der Waals surface area contributed by atoms with E-state index in [0.717, 1.165) is 0 Å². The summed E-state index contributed by atoms with van der Waals surface area (Å²) in [5.41, 5.74) is -1.59. The van der Waals surface area contributed by atoms with E-state index in [1.165, 1.54) is 6.92 Å². The topological polar surface area (TPSA) is 60.4 Å². The molecule has 1 aliphatic rings. The Morgan fingerprint density at radius 3 is 2.12 bits per heavy atom. The molecule has 1 rings (SSSR count).